The number of benzene rings is 1. The third-order valence-corrected chi connectivity index (χ3v) is 6.50. The summed E-state index contributed by atoms with van der Waals surface area (Å²) in [5.74, 6) is -3.90. The Bertz CT molecular complexity index is 1160. The van der Waals surface area contributed by atoms with E-state index in [-0.39, 0.29) is 16.3 Å². The molecule has 1 aliphatic rings. The summed E-state index contributed by atoms with van der Waals surface area (Å²) in [6, 6.07) is 9.18. The van der Waals surface area contributed by atoms with Gasteiger partial charge in [-0.1, -0.05) is 48.6 Å². The number of hydrogen-bond acceptors (Lipinski definition) is 6. The van der Waals surface area contributed by atoms with Crippen LogP contribution in [0.15, 0.2) is 35.1 Å². The van der Waals surface area contributed by atoms with Crippen molar-refractivity contribution in [2.45, 2.75) is 44.7 Å². The summed E-state index contributed by atoms with van der Waals surface area (Å²) in [5.41, 5.74) is 0.436. The lowest BCUT2D eigenvalue weighted by Gasteiger charge is -2.23. The number of alkyl halides is 2. The average molecular weight is 448 g/mol. The molecule has 1 amide bonds. The van der Waals surface area contributed by atoms with Gasteiger partial charge in [0.15, 0.2) is 21.3 Å². The van der Waals surface area contributed by atoms with Gasteiger partial charge in [0.25, 0.3) is 5.56 Å². The zero-order valence-corrected chi connectivity index (χ0v) is 18.1. The van der Waals surface area contributed by atoms with E-state index in [4.69, 9.17) is 0 Å². The van der Waals surface area contributed by atoms with Crippen LogP contribution in [0.1, 0.15) is 37.6 Å². The molecule has 1 aromatic carbocycles. The number of aromatic nitrogens is 3. The summed E-state index contributed by atoms with van der Waals surface area (Å²) in [5, 5.41) is 3.40. The molecule has 1 unspecified atom stereocenters. The Balaban J connectivity index is 1.61. The highest BCUT2D eigenvalue weighted by Crippen LogP contribution is 2.34. The second-order valence-electron chi connectivity index (χ2n) is 7.56. The first-order valence-corrected chi connectivity index (χ1v) is 11.0. The van der Waals surface area contributed by atoms with Gasteiger partial charge < -0.3 is 10.2 Å². The first kappa shape index (κ1) is 21.4. The molecule has 0 saturated carbocycles. The van der Waals surface area contributed by atoms with Gasteiger partial charge in [0.1, 0.15) is 6.04 Å². The maximum atomic E-state index is 14.3. The van der Waals surface area contributed by atoms with Crippen LogP contribution in [0.2, 0.25) is 0 Å². The molecule has 2 aromatic heterocycles. The second kappa shape index (κ2) is 8.33. The molecule has 4 rings (SSSR count). The molecule has 1 fully saturated rings. The molecule has 3 heterocycles. The van der Waals surface area contributed by atoms with Gasteiger partial charge in [-0.2, -0.15) is 8.78 Å². The quantitative estimate of drug-likeness (QED) is 0.628. The highest BCUT2D eigenvalue weighted by Gasteiger charge is 2.36. The van der Waals surface area contributed by atoms with Crippen molar-refractivity contribution in [3.63, 3.8) is 0 Å². The van der Waals surface area contributed by atoms with Crippen molar-refractivity contribution >= 4 is 32.7 Å². The molecule has 164 valence electrons. The summed E-state index contributed by atoms with van der Waals surface area (Å²) in [7, 11) is 1.28. The van der Waals surface area contributed by atoms with Crippen LogP contribution in [-0.2, 0) is 24.3 Å². The number of hydrogen-bond donors (Lipinski definition) is 1. The van der Waals surface area contributed by atoms with E-state index in [0.717, 1.165) is 27.9 Å². The van der Waals surface area contributed by atoms with Crippen LogP contribution >= 0.6 is 11.3 Å². The van der Waals surface area contributed by atoms with Gasteiger partial charge in [0.2, 0.25) is 5.91 Å². The lowest BCUT2D eigenvalue weighted by molar-refractivity contribution is -0.122. The van der Waals surface area contributed by atoms with Gasteiger partial charge in [0.05, 0.1) is 0 Å². The van der Waals surface area contributed by atoms with Crippen LogP contribution in [0.5, 0.6) is 0 Å². The van der Waals surface area contributed by atoms with E-state index >= 15 is 0 Å². The van der Waals surface area contributed by atoms with Gasteiger partial charge in [-0.3, -0.25) is 14.2 Å². The predicted octanol–water partition coefficient (Wildman–Crippen LogP) is 3.18. The van der Waals surface area contributed by atoms with E-state index < -0.39 is 29.8 Å². The van der Waals surface area contributed by atoms with Crippen LogP contribution in [-0.4, -0.2) is 33.0 Å². The summed E-state index contributed by atoms with van der Waals surface area (Å²) < 4.78 is 29.4. The zero-order valence-electron chi connectivity index (χ0n) is 17.3. The molecule has 0 radical (unpaired) electrons. The van der Waals surface area contributed by atoms with E-state index in [1.807, 2.05) is 35.2 Å². The van der Waals surface area contributed by atoms with E-state index in [1.54, 1.807) is 0 Å². The highest BCUT2D eigenvalue weighted by molar-refractivity contribution is 7.21. The Morgan fingerprint density at radius 1 is 1.29 bits per heavy atom. The Morgan fingerprint density at radius 3 is 2.74 bits per heavy atom. The fourth-order valence-electron chi connectivity index (χ4n) is 3.72. The van der Waals surface area contributed by atoms with E-state index in [9.17, 15) is 18.4 Å². The van der Waals surface area contributed by atoms with Crippen molar-refractivity contribution in [2.75, 3.05) is 11.4 Å². The van der Waals surface area contributed by atoms with Gasteiger partial charge in [0, 0.05) is 26.6 Å². The zero-order chi connectivity index (χ0) is 22.2. The Hall–Kier alpha value is -2.88. The second-order valence-corrected chi connectivity index (χ2v) is 8.52. The maximum absolute atomic E-state index is 14.3. The minimum atomic E-state index is -3.21. The van der Waals surface area contributed by atoms with Crippen molar-refractivity contribution in [1.29, 1.82) is 0 Å². The van der Waals surface area contributed by atoms with Crippen LogP contribution in [0, 0.1) is 0 Å². The number of thiazole rings is 1. The third-order valence-electron chi connectivity index (χ3n) is 5.51. The lowest BCUT2D eigenvalue weighted by atomic mass is 10.2. The van der Waals surface area contributed by atoms with Crippen molar-refractivity contribution < 1.29 is 13.6 Å². The van der Waals surface area contributed by atoms with Crippen molar-refractivity contribution in [1.82, 2.24) is 19.9 Å². The number of fused-ring (bicyclic) bond motifs is 1. The molecule has 1 saturated heterocycles. The number of nitrogens with one attached hydrogen (secondary N) is 1. The smallest absolute Gasteiger partial charge is 0.304 e. The van der Waals surface area contributed by atoms with Crippen LogP contribution in [0.3, 0.4) is 0 Å². The Labute approximate surface area is 181 Å². The van der Waals surface area contributed by atoms with Crippen LogP contribution in [0.4, 0.5) is 13.9 Å². The first-order valence-electron chi connectivity index (χ1n) is 10.2. The largest absolute Gasteiger partial charge is 0.350 e. The Morgan fingerprint density at radius 2 is 2.03 bits per heavy atom. The summed E-state index contributed by atoms with van der Waals surface area (Å²) in [4.78, 5) is 35.9. The normalized spacial score (nSPS) is 16.8. The molecule has 0 spiro atoms. The molecule has 3 aromatic rings. The molecule has 1 atom stereocenters. The average Bonchev–Trinajstić information content (AvgIpc) is 3.42. The minimum Gasteiger partial charge on any atom is -0.350 e. The number of anilines is 1. The molecule has 7 nitrogen and oxygen atoms in total. The van der Waals surface area contributed by atoms with E-state index in [0.29, 0.717) is 24.6 Å². The fraction of sp³-hybridized carbons (Fsp3) is 0.429. The number of carbonyl (C=O) groups is 1. The van der Waals surface area contributed by atoms with Crippen LogP contribution in [0.25, 0.3) is 10.3 Å². The van der Waals surface area contributed by atoms with Crippen molar-refractivity contribution in [2.24, 2.45) is 7.05 Å². The predicted molar refractivity (Wildman–Crippen MR) is 115 cm³/mol. The topological polar surface area (TPSA) is 80.1 Å². The van der Waals surface area contributed by atoms with Gasteiger partial charge in [-0.15, -0.1) is 0 Å². The third kappa shape index (κ3) is 4.04. The number of rotatable bonds is 6. The summed E-state index contributed by atoms with van der Waals surface area (Å²) >= 11 is 1.07. The monoisotopic (exact) mass is 447 g/mol. The highest BCUT2D eigenvalue weighted by atomic mass is 32.1. The Kier molecular flexibility index (Phi) is 5.74. The van der Waals surface area contributed by atoms with Crippen molar-refractivity contribution in [3.8, 4) is 0 Å². The fourth-order valence-corrected chi connectivity index (χ4v) is 4.73. The first-order chi connectivity index (χ1) is 14.8. The number of amides is 1. The van der Waals surface area contributed by atoms with Crippen molar-refractivity contribution in [3.05, 3.63) is 52.1 Å². The van der Waals surface area contributed by atoms with E-state index in [1.165, 1.54) is 14.0 Å². The van der Waals surface area contributed by atoms with E-state index in [2.05, 4.69) is 15.3 Å². The molecular weight excluding hydrogens is 424 g/mol. The SMILES string of the molecule is CCC(F)(F)c1nc2sc(N3CCCC3C(=O)NCc3ccccc3)nc2c(=O)n1C. The maximum Gasteiger partial charge on any atom is 0.304 e. The summed E-state index contributed by atoms with van der Waals surface area (Å²) in [6.07, 6.45) is 0.991. The summed E-state index contributed by atoms with van der Waals surface area (Å²) in [6.45, 7) is 2.36. The number of halogens is 2. The van der Waals surface area contributed by atoms with Gasteiger partial charge in [-0.25, -0.2) is 9.97 Å². The molecular formula is C21H23F2N5O2S. The molecule has 0 aliphatic carbocycles. The number of nitrogens with zero attached hydrogens (tertiary/aromatic N) is 4. The molecule has 1 N–H and O–H groups in total. The van der Waals surface area contributed by atoms with Gasteiger partial charge >= 0.3 is 5.92 Å². The van der Waals surface area contributed by atoms with Gasteiger partial charge in [-0.05, 0) is 18.4 Å². The molecule has 1 aliphatic heterocycles. The molecule has 0 bridgehead atoms. The number of carbonyl (C=O) groups excluding carboxylic acids is 1. The molecule has 10 heteroatoms. The standard InChI is InChI=1S/C21H23F2N5O2S/c1-3-21(22,23)19-26-17-15(18(30)27(19)2)25-20(31-17)28-11-7-10-14(28)16(29)24-12-13-8-5-4-6-9-13/h4-6,8-9,14H,3,7,10-12H2,1-2H3,(H,24,29). The van der Waals surface area contributed by atoms with Crippen LogP contribution < -0.4 is 15.8 Å². The molecule has 31 heavy (non-hydrogen) atoms. The lowest BCUT2D eigenvalue weighted by Crippen LogP contribution is -2.43. The minimum absolute atomic E-state index is 0.0495.